The number of ether oxygens (including phenoxy) is 1. The molecular formula is C12H16N4O2S. The predicted octanol–water partition coefficient (Wildman–Crippen LogP) is 2.37. The van der Waals surface area contributed by atoms with E-state index in [4.69, 9.17) is 10.5 Å². The third-order valence-corrected chi connectivity index (χ3v) is 3.65. The van der Waals surface area contributed by atoms with Crippen LogP contribution in [0.2, 0.25) is 0 Å². The molecule has 2 amide bonds. The van der Waals surface area contributed by atoms with Gasteiger partial charge in [0.15, 0.2) is 5.13 Å². The van der Waals surface area contributed by atoms with Gasteiger partial charge in [0.25, 0.3) is 0 Å². The second-order valence-electron chi connectivity index (χ2n) is 4.03. The van der Waals surface area contributed by atoms with E-state index in [1.54, 1.807) is 25.1 Å². The lowest BCUT2D eigenvalue weighted by Gasteiger charge is -2.13. The molecule has 0 unspecified atom stereocenters. The molecule has 6 nitrogen and oxygen atoms in total. The predicted molar refractivity (Wildman–Crippen MR) is 77.9 cm³/mol. The van der Waals surface area contributed by atoms with Crippen molar-refractivity contribution < 1.29 is 9.53 Å². The molecule has 0 aliphatic heterocycles. The zero-order chi connectivity index (χ0) is 14.0. The van der Waals surface area contributed by atoms with Crippen LogP contribution in [0.1, 0.15) is 6.92 Å². The van der Waals surface area contributed by atoms with Crippen molar-refractivity contribution in [2.24, 2.45) is 0 Å². The van der Waals surface area contributed by atoms with E-state index in [0.29, 0.717) is 28.6 Å². The molecule has 0 saturated carbocycles. The first-order valence-electron chi connectivity index (χ1n) is 5.81. The fourth-order valence-electron chi connectivity index (χ4n) is 1.56. The quantitative estimate of drug-likeness (QED) is 0.846. The van der Waals surface area contributed by atoms with Gasteiger partial charge in [0.1, 0.15) is 11.3 Å². The molecule has 0 spiro atoms. The van der Waals surface area contributed by atoms with E-state index in [-0.39, 0.29) is 6.03 Å². The third-order valence-electron chi connectivity index (χ3n) is 2.74. The maximum atomic E-state index is 11.8. The van der Waals surface area contributed by atoms with Crippen molar-refractivity contribution in [2.45, 2.75) is 6.92 Å². The smallest absolute Gasteiger partial charge is 0.323 e. The molecule has 102 valence electrons. The van der Waals surface area contributed by atoms with E-state index in [2.05, 4.69) is 10.3 Å². The van der Waals surface area contributed by atoms with Gasteiger partial charge in [-0.15, -0.1) is 0 Å². The first-order chi connectivity index (χ1) is 9.05. The second kappa shape index (κ2) is 5.31. The lowest BCUT2D eigenvalue weighted by atomic mass is 10.3. The summed E-state index contributed by atoms with van der Waals surface area (Å²) in [5.41, 5.74) is 7.10. The molecule has 0 aliphatic carbocycles. The SMILES string of the molecule is CCN(C)C(=O)Nc1nc2c(OC)cc(N)cc2s1. The van der Waals surface area contributed by atoms with Crippen LogP contribution in [0.4, 0.5) is 15.6 Å². The van der Waals surface area contributed by atoms with Gasteiger partial charge in [-0.25, -0.2) is 9.78 Å². The molecule has 0 saturated heterocycles. The Kier molecular flexibility index (Phi) is 3.75. The summed E-state index contributed by atoms with van der Waals surface area (Å²) in [6.07, 6.45) is 0. The Morgan fingerprint density at radius 1 is 1.58 bits per heavy atom. The number of aromatic nitrogens is 1. The van der Waals surface area contributed by atoms with Gasteiger partial charge in [-0.3, -0.25) is 5.32 Å². The van der Waals surface area contributed by atoms with Gasteiger partial charge >= 0.3 is 6.03 Å². The number of fused-ring (bicyclic) bond motifs is 1. The summed E-state index contributed by atoms with van der Waals surface area (Å²) in [6, 6.07) is 3.34. The molecule has 3 N–H and O–H groups in total. The number of thiazole rings is 1. The van der Waals surface area contributed by atoms with E-state index in [1.165, 1.54) is 11.3 Å². The number of nitrogen functional groups attached to an aromatic ring is 1. The first-order valence-corrected chi connectivity index (χ1v) is 6.63. The van der Waals surface area contributed by atoms with E-state index >= 15 is 0 Å². The largest absolute Gasteiger partial charge is 0.494 e. The number of rotatable bonds is 3. The maximum Gasteiger partial charge on any atom is 0.323 e. The summed E-state index contributed by atoms with van der Waals surface area (Å²) in [6.45, 7) is 2.54. The van der Waals surface area contributed by atoms with E-state index in [9.17, 15) is 4.79 Å². The Balaban J connectivity index is 2.34. The molecule has 0 atom stereocenters. The minimum absolute atomic E-state index is 0.187. The van der Waals surface area contributed by atoms with E-state index in [0.717, 1.165) is 4.70 Å². The number of nitrogens with two attached hydrogens (primary N) is 1. The van der Waals surface area contributed by atoms with Crippen LogP contribution in [0.3, 0.4) is 0 Å². The second-order valence-corrected chi connectivity index (χ2v) is 5.06. The van der Waals surface area contributed by atoms with Crippen molar-refractivity contribution in [1.82, 2.24) is 9.88 Å². The Morgan fingerprint density at radius 2 is 2.32 bits per heavy atom. The Hall–Kier alpha value is -2.02. The molecule has 7 heteroatoms. The summed E-state index contributed by atoms with van der Waals surface area (Å²) < 4.78 is 6.12. The van der Waals surface area contributed by atoms with Gasteiger partial charge in [-0.2, -0.15) is 0 Å². The van der Waals surface area contributed by atoms with Crippen LogP contribution in [-0.4, -0.2) is 36.6 Å². The van der Waals surface area contributed by atoms with Crippen LogP contribution < -0.4 is 15.8 Å². The number of methoxy groups -OCH3 is 1. The number of amides is 2. The monoisotopic (exact) mass is 280 g/mol. The van der Waals surface area contributed by atoms with Gasteiger partial charge in [0, 0.05) is 25.3 Å². The molecule has 1 heterocycles. The lowest BCUT2D eigenvalue weighted by molar-refractivity contribution is 0.224. The van der Waals surface area contributed by atoms with Crippen molar-refractivity contribution in [3.05, 3.63) is 12.1 Å². The fraction of sp³-hybridized carbons (Fsp3) is 0.333. The Bertz CT molecular complexity index is 611. The molecule has 2 rings (SSSR count). The number of nitrogens with zero attached hydrogens (tertiary/aromatic N) is 2. The number of hydrogen-bond acceptors (Lipinski definition) is 5. The van der Waals surface area contributed by atoms with Crippen molar-refractivity contribution in [1.29, 1.82) is 0 Å². The minimum atomic E-state index is -0.187. The van der Waals surface area contributed by atoms with Gasteiger partial charge in [-0.05, 0) is 13.0 Å². The zero-order valence-electron chi connectivity index (χ0n) is 11.1. The molecule has 0 bridgehead atoms. The van der Waals surface area contributed by atoms with E-state index < -0.39 is 0 Å². The summed E-state index contributed by atoms with van der Waals surface area (Å²) >= 11 is 1.37. The van der Waals surface area contributed by atoms with Crippen molar-refractivity contribution in [3.63, 3.8) is 0 Å². The van der Waals surface area contributed by atoms with Crippen LogP contribution in [0.5, 0.6) is 5.75 Å². The summed E-state index contributed by atoms with van der Waals surface area (Å²) in [7, 11) is 3.29. The van der Waals surface area contributed by atoms with Crippen LogP contribution >= 0.6 is 11.3 Å². The number of nitrogens with one attached hydrogen (secondary N) is 1. The standard InChI is InChI=1S/C12H16N4O2S/c1-4-16(2)12(17)15-11-14-10-8(18-3)5-7(13)6-9(10)19-11/h5-6H,4,13H2,1-3H3,(H,14,15,17). The maximum absolute atomic E-state index is 11.8. The van der Waals surface area contributed by atoms with Gasteiger partial charge in [0.05, 0.1) is 11.8 Å². The van der Waals surface area contributed by atoms with Crippen LogP contribution in [0, 0.1) is 0 Å². The summed E-state index contributed by atoms with van der Waals surface area (Å²) in [4.78, 5) is 17.7. The molecule has 1 aromatic carbocycles. The topological polar surface area (TPSA) is 80.5 Å². The van der Waals surface area contributed by atoms with Crippen LogP contribution in [0.15, 0.2) is 12.1 Å². The Labute approximate surface area is 115 Å². The molecule has 0 fully saturated rings. The first kappa shape index (κ1) is 13.4. The minimum Gasteiger partial charge on any atom is -0.494 e. The molecule has 0 radical (unpaired) electrons. The normalized spacial score (nSPS) is 10.5. The average molecular weight is 280 g/mol. The van der Waals surface area contributed by atoms with Gasteiger partial charge in [0.2, 0.25) is 0 Å². The molecule has 1 aromatic heterocycles. The Morgan fingerprint density at radius 3 is 2.95 bits per heavy atom. The summed E-state index contributed by atoms with van der Waals surface area (Å²) in [5.74, 6) is 0.607. The molecule has 0 aliphatic rings. The van der Waals surface area contributed by atoms with Crippen molar-refractivity contribution >= 4 is 38.4 Å². The number of benzene rings is 1. The van der Waals surface area contributed by atoms with Gasteiger partial charge in [-0.1, -0.05) is 11.3 Å². The van der Waals surface area contributed by atoms with E-state index in [1.807, 2.05) is 13.0 Å². The number of urea groups is 1. The number of carbonyl (C=O) groups excluding carboxylic acids is 1. The number of carbonyl (C=O) groups is 1. The van der Waals surface area contributed by atoms with Crippen molar-refractivity contribution in [2.75, 3.05) is 31.8 Å². The third kappa shape index (κ3) is 2.70. The number of hydrogen-bond donors (Lipinski definition) is 2. The highest BCUT2D eigenvalue weighted by Crippen LogP contribution is 2.34. The molecule has 19 heavy (non-hydrogen) atoms. The molecule has 2 aromatic rings. The number of anilines is 2. The van der Waals surface area contributed by atoms with Crippen LogP contribution in [-0.2, 0) is 0 Å². The lowest BCUT2D eigenvalue weighted by Crippen LogP contribution is -2.30. The molecular weight excluding hydrogens is 264 g/mol. The fourth-order valence-corrected chi connectivity index (χ4v) is 2.48. The van der Waals surface area contributed by atoms with Crippen molar-refractivity contribution in [3.8, 4) is 5.75 Å². The average Bonchev–Trinajstić information content (AvgIpc) is 2.78. The van der Waals surface area contributed by atoms with Crippen LogP contribution in [0.25, 0.3) is 10.2 Å². The highest BCUT2D eigenvalue weighted by Gasteiger charge is 2.13. The highest BCUT2D eigenvalue weighted by molar-refractivity contribution is 7.22. The summed E-state index contributed by atoms with van der Waals surface area (Å²) in [5, 5.41) is 3.28. The highest BCUT2D eigenvalue weighted by atomic mass is 32.1. The van der Waals surface area contributed by atoms with Gasteiger partial charge < -0.3 is 15.4 Å². The zero-order valence-corrected chi connectivity index (χ0v) is 11.9.